The highest BCUT2D eigenvalue weighted by Gasteiger charge is 2.08. The maximum atomic E-state index is 9.65. The number of halogens is 1. The van der Waals surface area contributed by atoms with E-state index in [1.807, 2.05) is 41.9 Å². The molecule has 0 saturated carbocycles. The fraction of sp³-hybridized carbons (Fsp3) is 0.133. The molecule has 20 heavy (non-hydrogen) atoms. The van der Waals surface area contributed by atoms with Gasteiger partial charge in [-0.1, -0.05) is 24.3 Å². The van der Waals surface area contributed by atoms with Gasteiger partial charge in [0, 0.05) is 7.05 Å². The second kappa shape index (κ2) is 5.84. The van der Waals surface area contributed by atoms with Gasteiger partial charge in [0.1, 0.15) is 12.4 Å². The summed E-state index contributed by atoms with van der Waals surface area (Å²) in [5, 5.41) is 9.65. The van der Waals surface area contributed by atoms with Gasteiger partial charge in [-0.2, -0.15) is 0 Å². The van der Waals surface area contributed by atoms with Crippen LogP contribution < -0.4 is 4.74 Å². The number of hydrogen-bond acceptors (Lipinski definition) is 3. The molecule has 0 spiro atoms. The Bertz CT molecular complexity index is 725. The van der Waals surface area contributed by atoms with E-state index in [0.29, 0.717) is 12.4 Å². The SMILES string of the molecule is Cl.Cn1c(COc2ccccc2O)nc2ccccc21. The lowest BCUT2D eigenvalue weighted by Crippen LogP contribution is -2.03. The van der Waals surface area contributed by atoms with Crippen molar-refractivity contribution in [1.29, 1.82) is 0 Å². The van der Waals surface area contributed by atoms with Gasteiger partial charge in [0.25, 0.3) is 0 Å². The summed E-state index contributed by atoms with van der Waals surface area (Å²) in [4.78, 5) is 4.51. The van der Waals surface area contributed by atoms with Crippen LogP contribution in [0.15, 0.2) is 48.5 Å². The summed E-state index contributed by atoms with van der Waals surface area (Å²) in [5.41, 5.74) is 2.01. The van der Waals surface area contributed by atoms with Gasteiger partial charge in [0.15, 0.2) is 11.5 Å². The van der Waals surface area contributed by atoms with Gasteiger partial charge in [-0.15, -0.1) is 12.4 Å². The number of aromatic hydroxyl groups is 1. The molecular weight excluding hydrogens is 276 g/mol. The average Bonchev–Trinajstić information content (AvgIpc) is 2.75. The maximum Gasteiger partial charge on any atom is 0.161 e. The first kappa shape index (κ1) is 14.2. The van der Waals surface area contributed by atoms with Gasteiger partial charge in [-0.3, -0.25) is 0 Å². The van der Waals surface area contributed by atoms with Crippen LogP contribution >= 0.6 is 12.4 Å². The molecule has 0 bridgehead atoms. The number of hydrogen-bond donors (Lipinski definition) is 1. The molecule has 1 heterocycles. The van der Waals surface area contributed by atoms with Crippen LogP contribution in [0.1, 0.15) is 5.82 Å². The monoisotopic (exact) mass is 290 g/mol. The number of aromatic nitrogens is 2. The zero-order chi connectivity index (χ0) is 13.2. The van der Waals surface area contributed by atoms with Crippen LogP contribution in [0, 0.1) is 0 Å². The number of nitrogens with zero attached hydrogens (tertiary/aromatic N) is 2. The third-order valence-corrected chi connectivity index (χ3v) is 3.10. The molecule has 4 nitrogen and oxygen atoms in total. The van der Waals surface area contributed by atoms with Crippen molar-refractivity contribution in [2.24, 2.45) is 7.05 Å². The van der Waals surface area contributed by atoms with Gasteiger partial charge >= 0.3 is 0 Å². The van der Waals surface area contributed by atoms with Crippen LogP contribution in [0.2, 0.25) is 0 Å². The fourth-order valence-electron chi connectivity index (χ4n) is 2.05. The molecule has 0 fully saturated rings. The highest BCUT2D eigenvalue weighted by Crippen LogP contribution is 2.25. The summed E-state index contributed by atoms with van der Waals surface area (Å²) in [6.07, 6.45) is 0. The number of phenolic OH excluding ortho intramolecular Hbond substituents is 1. The molecule has 104 valence electrons. The molecule has 0 aliphatic rings. The minimum atomic E-state index is 0. The van der Waals surface area contributed by atoms with Crippen molar-refractivity contribution in [2.75, 3.05) is 0 Å². The molecule has 1 N–H and O–H groups in total. The van der Waals surface area contributed by atoms with Crippen LogP contribution in [0.5, 0.6) is 11.5 Å². The molecule has 0 aliphatic carbocycles. The zero-order valence-electron chi connectivity index (χ0n) is 11.0. The van der Waals surface area contributed by atoms with Crippen LogP contribution in [0.25, 0.3) is 11.0 Å². The molecule has 3 rings (SSSR count). The smallest absolute Gasteiger partial charge is 0.161 e. The molecule has 0 amide bonds. The Morgan fingerprint density at radius 1 is 1.10 bits per heavy atom. The molecular formula is C15H15ClN2O2. The van der Waals surface area contributed by atoms with Crippen molar-refractivity contribution < 1.29 is 9.84 Å². The Balaban J connectivity index is 0.00000147. The summed E-state index contributed by atoms with van der Waals surface area (Å²) < 4.78 is 7.60. The lowest BCUT2D eigenvalue weighted by atomic mass is 10.3. The quantitative estimate of drug-likeness (QED) is 0.805. The number of benzene rings is 2. The van der Waals surface area contributed by atoms with E-state index in [0.717, 1.165) is 16.9 Å². The van der Waals surface area contributed by atoms with E-state index in [1.165, 1.54) is 0 Å². The first-order valence-corrected chi connectivity index (χ1v) is 6.07. The second-order valence-electron chi connectivity index (χ2n) is 4.33. The first-order chi connectivity index (χ1) is 9.25. The van der Waals surface area contributed by atoms with Crippen LogP contribution in [-0.4, -0.2) is 14.7 Å². The molecule has 0 aliphatic heterocycles. The van der Waals surface area contributed by atoms with Crippen LogP contribution in [0.4, 0.5) is 0 Å². The zero-order valence-corrected chi connectivity index (χ0v) is 11.8. The lowest BCUT2D eigenvalue weighted by molar-refractivity contribution is 0.277. The Kier molecular flexibility index (Phi) is 4.15. The summed E-state index contributed by atoms with van der Waals surface area (Å²) in [6, 6.07) is 14.9. The van der Waals surface area contributed by atoms with E-state index < -0.39 is 0 Å². The van der Waals surface area contributed by atoms with Crippen molar-refractivity contribution >= 4 is 23.4 Å². The number of ether oxygens (including phenoxy) is 1. The minimum absolute atomic E-state index is 0. The first-order valence-electron chi connectivity index (χ1n) is 6.07. The number of rotatable bonds is 3. The molecule has 1 aromatic heterocycles. The van der Waals surface area contributed by atoms with E-state index in [4.69, 9.17) is 4.74 Å². The molecule has 2 aromatic carbocycles. The molecule has 0 saturated heterocycles. The van der Waals surface area contributed by atoms with E-state index in [9.17, 15) is 5.11 Å². The topological polar surface area (TPSA) is 47.3 Å². The van der Waals surface area contributed by atoms with E-state index in [1.54, 1.807) is 18.2 Å². The maximum absolute atomic E-state index is 9.65. The predicted octanol–water partition coefficient (Wildman–Crippen LogP) is 3.28. The summed E-state index contributed by atoms with van der Waals surface area (Å²) >= 11 is 0. The van der Waals surface area contributed by atoms with Crippen molar-refractivity contribution in [1.82, 2.24) is 9.55 Å². The van der Waals surface area contributed by atoms with E-state index in [2.05, 4.69) is 4.98 Å². The van der Waals surface area contributed by atoms with E-state index >= 15 is 0 Å². The molecule has 0 radical (unpaired) electrons. The normalized spacial score (nSPS) is 10.2. The van der Waals surface area contributed by atoms with Gasteiger partial charge in [-0.25, -0.2) is 4.98 Å². The Hall–Kier alpha value is -2.20. The van der Waals surface area contributed by atoms with Crippen molar-refractivity contribution in [2.45, 2.75) is 6.61 Å². The molecule has 5 heteroatoms. The van der Waals surface area contributed by atoms with Gasteiger partial charge in [0.2, 0.25) is 0 Å². The highest BCUT2D eigenvalue weighted by atomic mass is 35.5. The average molecular weight is 291 g/mol. The lowest BCUT2D eigenvalue weighted by Gasteiger charge is -2.07. The highest BCUT2D eigenvalue weighted by molar-refractivity contribution is 5.85. The molecule has 0 atom stereocenters. The number of aryl methyl sites for hydroxylation is 1. The number of para-hydroxylation sites is 4. The van der Waals surface area contributed by atoms with Crippen molar-refractivity contribution in [3.63, 3.8) is 0 Å². The second-order valence-corrected chi connectivity index (χ2v) is 4.33. The van der Waals surface area contributed by atoms with Crippen LogP contribution in [-0.2, 0) is 13.7 Å². The third kappa shape index (κ3) is 2.56. The van der Waals surface area contributed by atoms with Gasteiger partial charge in [0.05, 0.1) is 11.0 Å². The number of fused-ring (bicyclic) bond motifs is 1. The predicted molar refractivity (Wildman–Crippen MR) is 80.4 cm³/mol. The summed E-state index contributed by atoms with van der Waals surface area (Å²) in [6.45, 7) is 0.322. The Labute approximate surface area is 123 Å². The standard InChI is InChI=1S/C15H14N2O2.ClH/c1-17-12-7-3-2-6-11(12)16-15(17)10-19-14-9-5-4-8-13(14)18;/h2-9,18H,10H2,1H3;1H. The third-order valence-electron chi connectivity index (χ3n) is 3.10. The largest absolute Gasteiger partial charge is 0.504 e. The van der Waals surface area contributed by atoms with E-state index in [-0.39, 0.29) is 18.2 Å². The van der Waals surface area contributed by atoms with Gasteiger partial charge < -0.3 is 14.4 Å². The number of phenols is 1. The Morgan fingerprint density at radius 3 is 2.55 bits per heavy atom. The fourth-order valence-corrected chi connectivity index (χ4v) is 2.05. The summed E-state index contributed by atoms with van der Waals surface area (Å²) in [7, 11) is 1.96. The van der Waals surface area contributed by atoms with Crippen LogP contribution in [0.3, 0.4) is 0 Å². The van der Waals surface area contributed by atoms with Crippen molar-refractivity contribution in [3.8, 4) is 11.5 Å². The van der Waals surface area contributed by atoms with Gasteiger partial charge in [-0.05, 0) is 24.3 Å². The summed E-state index contributed by atoms with van der Waals surface area (Å²) in [5.74, 6) is 1.43. The minimum Gasteiger partial charge on any atom is -0.504 e. The van der Waals surface area contributed by atoms with Crippen molar-refractivity contribution in [3.05, 3.63) is 54.4 Å². The number of imidazole rings is 1. The molecule has 3 aromatic rings. The Morgan fingerprint density at radius 2 is 1.80 bits per heavy atom. The molecule has 0 unspecified atom stereocenters.